The number of rotatable bonds is 3. The number of nitrogens with two attached hydrogens (primary N) is 1. The standard InChI is InChI=1S/C7H10N6O/c8-1-5(4-14)6-2-9-3-7-10-11-12-13(6)7/h2-3,5,14H,1,4,8H2. The molecule has 0 radical (unpaired) electrons. The topological polar surface area (TPSA) is 102 Å². The summed E-state index contributed by atoms with van der Waals surface area (Å²) in [5.74, 6) is -0.185. The summed E-state index contributed by atoms with van der Waals surface area (Å²) >= 11 is 0. The van der Waals surface area contributed by atoms with Gasteiger partial charge in [-0.1, -0.05) is 0 Å². The largest absolute Gasteiger partial charge is 0.396 e. The van der Waals surface area contributed by atoms with Crippen LogP contribution in [0.3, 0.4) is 0 Å². The summed E-state index contributed by atoms with van der Waals surface area (Å²) in [6, 6.07) is 0. The van der Waals surface area contributed by atoms with Crippen molar-refractivity contribution >= 4 is 5.65 Å². The van der Waals surface area contributed by atoms with Crippen molar-refractivity contribution in [3.8, 4) is 0 Å². The molecule has 14 heavy (non-hydrogen) atoms. The number of aromatic nitrogens is 5. The van der Waals surface area contributed by atoms with Crippen LogP contribution in [0.25, 0.3) is 5.65 Å². The molecule has 0 spiro atoms. The highest BCUT2D eigenvalue weighted by Crippen LogP contribution is 2.12. The number of hydrogen-bond donors (Lipinski definition) is 2. The third-order valence-electron chi connectivity index (χ3n) is 2.06. The lowest BCUT2D eigenvalue weighted by Gasteiger charge is -2.11. The molecule has 0 bridgehead atoms. The van der Waals surface area contributed by atoms with Crippen LogP contribution in [0, 0.1) is 0 Å². The molecule has 2 rings (SSSR count). The molecule has 2 aromatic heterocycles. The third-order valence-corrected chi connectivity index (χ3v) is 2.06. The average Bonchev–Trinajstić information content (AvgIpc) is 2.68. The van der Waals surface area contributed by atoms with Gasteiger partial charge < -0.3 is 10.8 Å². The summed E-state index contributed by atoms with van der Waals surface area (Å²) in [6.07, 6.45) is 3.16. The lowest BCUT2D eigenvalue weighted by atomic mass is 10.1. The Morgan fingerprint density at radius 1 is 1.50 bits per heavy atom. The second-order valence-corrected chi connectivity index (χ2v) is 2.90. The van der Waals surface area contributed by atoms with Crippen LogP contribution in [0.15, 0.2) is 12.4 Å². The molecule has 3 N–H and O–H groups in total. The zero-order chi connectivity index (χ0) is 9.97. The fraction of sp³-hybridized carbons (Fsp3) is 0.429. The third kappa shape index (κ3) is 1.32. The van der Waals surface area contributed by atoms with Crippen molar-refractivity contribution in [2.24, 2.45) is 5.73 Å². The first-order chi connectivity index (χ1) is 6.86. The summed E-state index contributed by atoms with van der Waals surface area (Å²) < 4.78 is 1.53. The van der Waals surface area contributed by atoms with E-state index in [0.717, 1.165) is 5.69 Å². The van der Waals surface area contributed by atoms with E-state index in [4.69, 9.17) is 10.8 Å². The van der Waals surface area contributed by atoms with Gasteiger partial charge in [-0.3, -0.25) is 4.98 Å². The highest BCUT2D eigenvalue weighted by Gasteiger charge is 2.13. The Balaban J connectivity index is 2.54. The average molecular weight is 194 g/mol. The zero-order valence-corrected chi connectivity index (χ0v) is 7.41. The maximum atomic E-state index is 9.09. The monoisotopic (exact) mass is 194 g/mol. The zero-order valence-electron chi connectivity index (χ0n) is 7.41. The van der Waals surface area contributed by atoms with Gasteiger partial charge in [0.15, 0.2) is 5.65 Å². The molecule has 2 heterocycles. The highest BCUT2D eigenvalue weighted by atomic mass is 16.3. The van der Waals surface area contributed by atoms with E-state index in [2.05, 4.69) is 20.5 Å². The van der Waals surface area contributed by atoms with Crippen LogP contribution < -0.4 is 5.73 Å². The van der Waals surface area contributed by atoms with E-state index < -0.39 is 0 Å². The maximum absolute atomic E-state index is 9.09. The Morgan fingerprint density at radius 2 is 2.36 bits per heavy atom. The number of aliphatic hydroxyl groups is 1. The Labute approximate surface area is 79.6 Å². The number of hydrogen-bond acceptors (Lipinski definition) is 6. The summed E-state index contributed by atoms with van der Waals surface area (Å²) in [5, 5.41) is 20.1. The number of tetrazole rings is 1. The molecular formula is C7H10N6O. The quantitative estimate of drug-likeness (QED) is 0.620. The van der Waals surface area contributed by atoms with Crippen molar-refractivity contribution in [2.75, 3.05) is 13.2 Å². The Morgan fingerprint density at radius 3 is 3.07 bits per heavy atom. The van der Waals surface area contributed by atoms with Gasteiger partial charge in [-0.15, -0.1) is 5.10 Å². The van der Waals surface area contributed by atoms with Crippen molar-refractivity contribution in [3.05, 3.63) is 18.1 Å². The van der Waals surface area contributed by atoms with Gasteiger partial charge in [-0.25, -0.2) is 0 Å². The fourth-order valence-corrected chi connectivity index (χ4v) is 1.26. The Bertz CT molecular complexity index is 423. The predicted molar refractivity (Wildman–Crippen MR) is 47.5 cm³/mol. The maximum Gasteiger partial charge on any atom is 0.197 e. The normalized spacial score (nSPS) is 13.3. The van der Waals surface area contributed by atoms with Crippen molar-refractivity contribution < 1.29 is 5.11 Å². The molecular weight excluding hydrogens is 184 g/mol. The summed E-state index contributed by atoms with van der Waals surface area (Å²) in [5.41, 5.74) is 6.78. The Kier molecular flexibility index (Phi) is 2.33. The SMILES string of the molecule is NCC(CO)c1cncc2nnnn12. The lowest BCUT2D eigenvalue weighted by Crippen LogP contribution is -2.19. The van der Waals surface area contributed by atoms with Crippen molar-refractivity contribution in [2.45, 2.75) is 5.92 Å². The van der Waals surface area contributed by atoms with Gasteiger partial charge in [0.1, 0.15) is 0 Å². The molecule has 74 valence electrons. The van der Waals surface area contributed by atoms with Gasteiger partial charge in [-0.2, -0.15) is 4.52 Å². The first kappa shape index (κ1) is 8.97. The fourth-order valence-electron chi connectivity index (χ4n) is 1.26. The Hall–Kier alpha value is -1.60. The second-order valence-electron chi connectivity index (χ2n) is 2.90. The summed E-state index contributed by atoms with van der Waals surface area (Å²) in [4.78, 5) is 3.97. The predicted octanol–water partition coefficient (Wildman–Crippen LogP) is -1.45. The van der Waals surface area contributed by atoms with E-state index in [9.17, 15) is 0 Å². The molecule has 2 aromatic rings. The summed E-state index contributed by atoms with van der Waals surface area (Å²) in [7, 11) is 0. The molecule has 0 aromatic carbocycles. The summed E-state index contributed by atoms with van der Waals surface area (Å²) in [6.45, 7) is 0.286. The van der Waals surface area contributed by atoms with E-state index in [1.54, 1.807) is 12.4 Å². The first-order valence-corrected chi connectivity index (χ1v) is 4.19. The molecule has 1 unspecified atom stereocenters. The molecule has 0 saturated carbocycles. The molecule has 0 aliphatic heterocycles. The minimum atomic E-state index is -0.185. The van der Waals surface area contributed by atoms with E-state index in [-0.39, 0.29) is 12.5 Å². The number of fused-ring (bicyclic) bond motifs is 1. The van der Waals surface area contributed by atoms with Crippen LogP contribution in [-0.4, -0.2) is 43.3 Å². The van der Waals surface area contributed by atoms with Crippen LogP contribution >= 0.6 is 0 Å². The smallest absolute Gasteiger partial charge is 0.197 e. The van der Waals surface area contributed by atoms with Crippen molar-refractivity contribution in [3.63, 3.8) is 0 Å². The van der Waals surface area contributed by atoms with Crippen LogP contribution in [-0.2, 0) is 0 Å². The number of nitrogens with zero attached hydrogens (tertiary/aromatic N) is 5. The second kappa shape index (κ2) is 3.64. The van der Waals surface area contributed by atoms with Gasteiger partial charge >= 0.3 is 0 Å². The highest BCUT2D eigenvalue weighted by molar-refractivity contribution is 5.33. The van der Waals surface area contributed by atoms with E-state index in [0.29, 0.717) is 12.2 Å². The van der Waals surface area contributed by atoms with Crippen LogP contribution in [0.4, 0.5) is 0 Å². The van der Waals surface area contributed by atoms with E-state index in [1.165, 1.54) is 4.52 Å². The lowest BCUT2D eigenvalue weighted by molar-refractivity contribution is 0.264. The van der Waals surface area contributed by atoms with Crippen LogP contribution in [0.2, 0.25) is 0 Å². The van der Waals surface area contributed by atoms with Crippen LogP contribution in [0.5, 0.6) is 0 Å². The molecule has 0 aliphatic carbocycles. The van der Waals surface area contributed by atoms with Gasteiger partial charge in [0.05, 0.1) is 18.5 Å². The molecule has 7 heteroatoms. The van der Waals surface area contributed by atoms with E-state index >= 15 is 0 Å². The molecule has 0 fully saturated rings. The molecule has 0 saturated heterocycles. The first-order valence-electron chi connectivity index (χ1n) is 4.19. The van der Waals surface area contributed by atoms with Gasteiger partial charge in [0.25, 0.3) is 0 Å². The van der Waals surface area contributed by atoms with Crippen LogP contribution in [0.1, 0.15) is 11.6 Å². The molecule has 1 atom stereocenters. The minimum absolute atomic E-state index is 0.0445. The molecule has 7 nitrogen and oxygen atoms in total. The molecule has 0 amide bonds. The van der Waals surface area contributed by atoms with Gasteiger partial charge in [0.2, 0.25) is 0 Å². The number of aliphatic hydroxyl groups excluding tert-OH is 1. The van der Waals surface area contributed by atoms with Gasteiger partial charge in [-0.05, 0) is 10.4 Å². The van der Waals surface area contributed by atoms with Gasteiger partial charge in [0, 0.05) is 18.7 Å². The van der Waals surface area contributed by atoms with Crippen molar-refractivity contribution in [1.82, 2.24) is 25.0 Å². The van der Waals surface area contributed by atoms with E-state index in [1.807, 2.05) is 0 Å². The van der Waals surface area contributed by atoms with Crippen molar-refractivity contribution in [1.29, 1.82) is 0 Å². The molecule has 0 aliphatic rings. The minimum Gasteiger partial charge on any atom is -0.396 e.